The fraction of sp³-hybridized carbons (Fsp3) is 0.500. The molecule has 0 bridgehead atoms. The zero-order valence-electron chi connectivity index (χ0n) is 15.0. The Morgan fingerprint density at radius 3 is 2.23 bits per heavy atom. The number of nitrogens with two attached hydrogens (primary N) is 1. The van der Waals surface area contributed by atoms with Crippen LogP contribution in [0.25, 0.3) is 0 Å². The number of halogens is 1. The zero-order chi connectivity index (χ0) is 19.0. The van der Waals surface area contributed by atoms with Crippen LogP contribution in [-0.4, -0.2) is 52.2 Å². The van der Waals surface area contributed by atoms with Crippen molar-refractivity contribution in [1.29, 1.82) is 0 Å². The number of carbonyl (C=O) groups excluding carboxylic acids is 2. The maximum absolute atomic E-state index is 11.6. The Hall–Kier alpha value is -1.84. The molecule has 1 atom stereocenters. The summed E-state index contributed by atoms with van der Waals surface area (Å²) >= 11 is 0. The van der Waals surface area contributed by atoms with Crippen molar-refractivity contribution in [1.82, 2.24) is 10.6 Å². The van der Waals surface area contributed by atoms with E-state index in [1.807, 2.05) is 13.8 Å². The molecule has 0 unspecified atom stereocenters. The molecule has 4 N–H and O–H groups in total. The number of rotatable bonds is 9. The number of benzene rings is 1. The van der Waals surface area contributed by atoms with Crippen molar-refractivity contribution < 1.29 is 22.7 Å². The van der Waals surface area contributed by atoms with E-state index < -0.39 is 15.9 Å². The molecule has 1 aromatic rings. The lowest BCUT2D eigenvalue weighted by molar-refractivity contribution is -0.127. The minimum Gasteiger partial charge on any atom is -0.492 e. The van der Waals surface area contributed by atoms with E-state index in [0.717, 1.165) is 6.26 Å². The second-order valence-corrected chi connectivity index (χ2v) is 7.95. The molecule has 0 aliphatic rings. The van der Waals surface area contributed by atoms with Crippen LogP contribution in [0.5, 0.6) is 5.75 Å². The van der Waals surface area contributed by atoms with E-state index in [4.69, 9.17) is 10.5 Å². The van der Waals surface area contributed by atoms with Crippen LogP contribution in [0.3, 0.4) is 0 Å². The smallest absolute Gasteiger partial charge is 0.239 e. The summed E-state index contributed by atoms with van der Waals surface area (Å²) in [7, 11) is -3.24. The molecule has 26 heavy (non-hydrogen) atoms. The molecule has 2 amide bonds. The lowest BCUT2D eigenvalue weighted by Crippen LogP contribution is -2.47. The van der Waals surface area contributed by atoms with Gasteiger partial charge in [0, 0.05) is 6.26 Å². The number of hydrogen-bond donors (Lipinski definition) is 3. The molecule has 0 saturated heterocycles. The summed E-state index contributed by atoms with van der Waals surface area (Å²) in [5.74, 6) is -0.226. The Labute approximate surface area is 160 Å². The Bertz CT molecular complexity index is 692. The first-order valence-corrected chi connectivity index (χ1v) is 9.73. The third kappa shape index (κ3) is 8.50. The predicted molar refractivity (Wildman–Crippen MR) is 101 cm³/mol. The molecule has 0 saturated carbocycles. The molecule has 0 aliphatic heterocycles. The molecule has 10 heteroatoms. The first kappa shape index (κ1) is 24.2. The lowest BCUT2D eigenvalue weighted by Gasteiger charge is -2.15. The van der Waals surface area contributed by atoms with E-state index in [2.05, 4.69) is 10.6 Å². The van der Waals surface area contributed by atoms with Gasteiger partial charge in [-0.15, -0.1) is 12.4 Å². The lowest BCUT2D eigenvalue weighted by atomic mass is 10.1. The Morgan fingerprint density at radius 1 is 1.15 bits per heavy atom. The van der Waals surface area contributed by atoms with Crippen molar-refractivity contribution in [2.45, 2.75) is 24.8 Å². The van der Waals surface area contributed by atoms with Gasteiger partial charge in [0.2, 0.25) is 11.8 Å². The van der Waals surface area contributed by atoms with Gasteiger partial charge in [-0.05, 0) is 30.2 Å². The molecule has 0 heterocycles. The van der Waals surface area contributed by atoms with Crippen LogP contribution in [0, 0.1) is 5.92 Å². The summed E-state index contributed by atoms with van der Waals surface area (Å²) in [6.45, 7) is 3.96. The fourth-order valence-electron chi connectivity index (χ4n) is 1.79. The maximum Gasteiger partial charge on any atom is 0.239 e. The normalized spacial score (nSPS) is 12.0. The topological polar surface area (TPSA) is 128 Å². The summed E-state index contributed by atoms with van der Waals surface area (Å²) in [5, 5.41) is 5.07. The molecule has 0 aromatic heterocycles. The highest BCUT2D eigenvalue weighted by atomic mass is 35.5. The molecule has 8 nitrogen and oxygen atoms in total. The first-order valence-electron chi connectivity index (χ1n) is 7.84. The van der Waals surface area contributed by atoms with Crippen molar-refractivity contribution in [3.05, 3.63) is 24.3 Å². The molecule has 0 spiro atoms. The van der Waals surface area contributed by atoms with Crippen molar-refractivity contribution in [2.24, 2.45) is 11.7 Å². The van der Waals surface area contributed by atoms with Gasteiger partial charge in [0.15, 0.2) is 9.84 Å². The maximum atomic E-state index is 11.6. The first-order chi connectivity index (χ1) is 11.6. The monoisotopic (exact) mass is 407 g/mol. The average molecular weight is 408 g/mol. The van der Waals surface area contributed by atoms with E-state index >= 15 is 0 Å². The standard InChI is InChI=1S/C16H25N3O5S.ClH/c1-11(2)15(17)16(21)19-10-14(20)18-8-9-24-12-4-6-13(7-5-12)25(3,22)23;/h4-7,11,15H,8-10,17H2,1-3H3,(H,18,20)(H,19,21);1H/t15-;/m0./s1. The zero-order valence-corrected chi connectivity index (χ0v) is 16.7. The molecule has 0 aliphatic carbocycles. The number of amides is 2. The SMILES string of the molecule is CC(C)[C@H](N)C(=O)NCC(=O)NCCOc1ccc(S(C)(=O)=O)cc1.Cl. The average Bonchev–Trinajstić information content (AvgIpc) is 2.55. The molecule has 1 aromatic carbocycles. The van der Waals surface area contributed by atoms with Crippen molar-refractivity contribution in [3.63, 3.8) is 0 Å². The molecule has 0 radical (unpaired) electrons. The highest BCUT2D eigenvalue weighted by Gasteiger charge is 2.17. The van der Waals surface area contributed by atoms with E-state index in [-0.39, 0.29) is 54.7 Å². The third-order valence-electron chi connectivity index (χ3n) is 3.39. The second-order valence-electron chi connectivity index (χ2n) is 5.93. The Balaban J connectivity index is 0.00000625. The van der Waals surface area contributed by atoms with Gasteiger partial charge in [-0.2, -0.15) is 0 Å². The summed E-state index contributed by atoms with van der Waals surface area (Å²) in [4.78, 5) is 23.4. The highest BCUT2D eigenvalue weighted by molar-refractivity contribution is 7.90. The summed E-state index contributed by atoms with van der Waals surface area (Å²) in [6, 6.07) is 5.36. The van der Waals surface area contributed by atoms with Crippen molar-refractivity contribution in [3.8, 4) is 5.75 Å². The Morgan fingerprint density at radius 2 is 1.73 bits per heavy atom. The fourth-order valence-corrected chi connectivity index (χ4v) is 2.42. The number of sulfone groups is 1. The van der Waals surface area contributed by atoms with Crippen LogP contribution in [0.2, 0.25) is 0 Å². The summed E-state index contributed by atoms with van der Waals surface area (Å²) < 4.78 is 28.1. The third-order valence-corrected chi connectivity index (χ3v) is 4.52. The quantitative estimate of drug-likeness (QED) is 0.498. The van der Waals surface area contributed by atoms with Crippen LogP contribution < -0.4 is 21.1 Å². The number of hydrogen-bond acceptors (Lipinski definition) is 6. The van der Waals surface area contributed by atoms with Crippen LogP contribution in [0.15, 0.2) is 29.2 Å². The van der Waals surface area contributed by atoms with Gasteiger partial charge in [0.05, 0.1) is 24.0 Å². The van der Waals surface area contributed by atoms with Gasteiger partial charge in [-0.1, -0.05) is 13.8 Å². The van der Waals surface area contributed by atoms with E-state index in [0.29, 0.717) is 5.75 Å². The van der Waals surface area contributed by atoms with Crippen LogP contribution >= 0.6 is 12.4 Å². The molecular weight excluding hydrogens is 382 g/mol. The van der Waals surface area contributed by atoms with Crippen molar-refractivity contribution >= 4 is 34.1 Å². The van der Waals surface area contributed by atoms with Gasteiger partial charge in [-0.3, -0.25) is 9.59 Å². The number of nitrogens with one attached hydrogen (secondary N) is 2. The van der Waals surface area contributed by atoms with Crippen LogP contribution in [-0.2, 0) is 19.4 Å². The van der Waals surface area contributed by atoms with E-state index in [9.17, 15) is 18.0 Å². The second kappa shape index (κ2) is 11.0. The van der Waals surface area contributed by atoms with Gasteiger partial charge in [0.25, 0.3) is 0 Å². The van der Waals surface area contributed by atoms with Gasteiger partial charge in [-0.25, -0.2) is 8.42 Å². The van der Waals surface area contributed by atoms with Gasteiger partial charge in [0.1, 0.15) is 12.4 Å². The van der Waals surface area contributed by atoms with E-state index in [1.165, 1.54) is 12.1 Å². The molecule has 1 rings (SSSR count). The van der Waals surface area contributed by atoms with E-state index in [1.54, 1.807) is 12.1 Å². The predicted octanol–water partition coefficient (Wildman–Crippen LogP) is 0.106. The molecule has 148 valence electrons. The molecular formula is C16H26ClN3O5S. The van der Waals surface area contributed by atoms with Gasteiger partial charge < -0.3 is 21.1 Å². The highest BCUT2D eigenvalue weighted by Crippen LogP contribution is 2.15. The van der Waals surface area contributed by atoms with Crippen molar-refractivity contribution in [2.75, 3.05) is 26.0 Å². The minimum absolute atomic E-state index is 0. The number of ether oxygens (including phenoxy) is 1. The summed E-state index contributed by atoms with van der Waals surface area (Å²) in [5.41, 5.74) is 5.67. The molecule has 0 fully saturated rings. The Kier molecular flexibility index (Phi) is 10.2. The minimum atomic E-state index is -3.24. The van der Waals surface area contributed by atoms with Crippen LogP contribution in [0.4, 0.5) is 0 Å². The largest absolute Gasteiger partial charge is 0.492 e. The van der Waals surface area contributed by atoms with Gasteiger partial charge >= 0.3 is 0 Å². The van der Waals surface area contributed by atoms with Crippen LogP contribution in [0.1, 0.15) is 13.8 Å². The summed E-state index contributed by atoms with van der Waals surface area (Å²) in [6.07, 6.45) is 1.13. The number of carbonyl (C=O) groups is 2.